The molecule has 1 aliphatic heterocycles. The molecule has 0 radical (unpaired) electrons. The molecule has 1 unspecified atom stereocenters. The first-order chi connectivity index (χ1) is 12.4. The Labute approximate surface area is 163 Å². The summed E-state index contributed by atoms with van der Waals surface area (Å²) in [5, 5.41) is 1.26. The lowest BCUT2D eigenvalue weighted by Crippen LogP contribution is -2.43. The molecule has 0 aliphatic carbocycles. The van der Waals surface area contributed by atoms with Gasteiger partial charge in [-0.3, -0.25) is 9.69 Å². The number of hydrogen-bond donors (Lipinski definition) is 0. The summed E-state index contributed by atoms with van der Waals surface area (Å²) in [7, 11) is 1.74. The minimum Gasteiger partial charge on any atom is -0.315 e. The van der Waals surface area contributed by atoms with Crippen LogP contribution in [0.4, 0.5) is 10.1 Å². The Morgan fingerprint density at radius 1 is 1.23 bits per heavy atom. The van der Waals surface area contributed by atoms with Gasteiger partial charge in [0.2, 0.25) is 5.91 Å². The lowest BCUT2D eigenvalue weighted by atomic mass is 9.96. The Morgan fingerprint density at radius 2 is 1.96 bits per heavy atom. The molecule has 0 aromatic heterocycles. The first-order valence-electron chi connectivity index (χ1n) is 8.63. The molecule has 0 saturated carbocycles. The highest BCUT2D eigenvalue weighted by Gasteiger charge is 2.28. The largest absolute Gasteiger partial charge is 0.315 e. The average Bonchev–Trinajstić information content (AvgIpc) is 2.64. The van der Waals surface area contributed by atoms with Crippen molar-refractivity contribution in [2.75, 3.05) is 25.0 Å². The van der Waals surface area contributed by atoms with Crippen molar-refractivity contribution in [2.45, 2.75) is 19.4 Å². The van der Waals surface area contributed by atoms with Crippen LogP contribution >= 0.6 is 23.2 Å². The Hall–Kier alpha value is -1.62. The number of benzene rings is 2. The molecule has 3 nitrogen and oxygen atoms in total. The third kappa shape index (κ3) is 4.56. The van der Waals surface area contributed by atoms with E-state index in [1.165, 1.54) is 12.1 Å². The van der Waals surface area contributed by atoms with Crippen molar-refractivity contribution in [3.8, 4) is 0 Å². The number of halogens is 3. The number of nitrogens with zero attached hydrogens (tertiary/aromatic N) is 2. The molecule has 0 bridgehead atoms. The van der Waals surface area contributed by atoms with Crippen LogP contribution in [0.25, 0.3) is 0 Å². The van der Waals surface area contributed by atoms with Crippen molar-refractivity contribution < 1.29 is 9.18 Å². The zero-order chi connectivity index (χ0) is 18.7. The monoisotopic (exact) mass is 394 g/mol. The summed E-state index contributed by atoms with van der Waals surface area (Å²) >= 11 is 12.2. The van der Waals surface area contributed by atoms with E-state index in [0.717, 1.165) is 24.9 Å². The molecule has 0 N–H and O–H groups in total. The zero-order valence-electron chi connectivity index (χ0n) is 14.6. The molecule has 2 aromatic carbocycles. The SMILES string of the molecule is CN(C(=O)C1CCCN(Cc2ccc(Cl)cc2Cl)C1)c1ccc(F)cc1. The summed E-state index contributed by atoms with van der Waals surface area (Å²) < 4.78 is 13.1. The van der Waals surface area contributed by atoms with E-state index in [-0.39, 0.29) is 17.6 Å². The second-order valence-corrected chi connectivity index (χ2v) is 7.53. The van der Waals surface area contributed by atoms with Gasteiger partial charge in [-0.1, -0.05) is 29.3 Å². The number of likely N-dealkylation sites (tertiary alicyclic amines) is 1. The van der Waals surface area contributed by atoms with Crippen LogP contribution in [0.3, 0.4) is 0 Å². The van der Waals surface area contributed by atoms with E-state index >= 15 is 0 Å². The highest BCUT2D eigenvalue weighted by Crippen LogP contribution is 2.26. The number of anilines is 1. The highest BCUT2D eigenvalue weighted by atomic mass is 35.5. The second-order valence-electron chi connectivity index (χ2n) is 6.68. The highest BCUT2D eigenvalue weighted by molar-refractivity contribution is 6.35. The maximum Gasteiger partial charge on any atom is 0.231 e. The zero-order valence-corrected chi connectivity index (χ0v) is 16.1. The number of piperidine rings is 1. The predicted molar refractivity (Wildman–Crippen MR) is 104 cm³/mol. The van der Waals surface area contributed by atoms with Gasteiger partial charge in [-0.05, 0) is 61.3 Å². The number of rotatable bonds is 4. The molecule has 2 aromatic rings. The number of hydrogen-bond acceptors (Lipinski definition) is 2. The Kier molecular flexibility index (Phi) is 6.17. The van der Waals surface area contributed by atoms with E-state index in [9.17, 15) is 9.18 Å². The molecule has 26 heavy (non-hydrogen) atoms. The van der Waals surface area contributed by atoms with Gasteiger partial charge in [-0.2, -0.15) is 0 Å². The fourth-order valence-electron chi connectivity index (χ4n) is 3.36. The van der Waals surface area contributed by atoms with Gasteiger partial charge in [0.1, 0.15) is 5.82 Å². The molecule has 3 rings (SSSR count). The van der Waals surface area contributed by atoms with Crippen LogP contribution in [0, 0.1) is 11.7 Å². The molecule has 1 heterocycles. The maximum absolute atomic E-state index is 13.1. The number of carbonyl (C=O) groups is 1. The minimum absolute atomic E-state index is 0.0588. The first-order valence-corrected chi connectivity index (χ1v) is 9.39. The van der Waals surface area contributed by atoms with Crippen LogP contribution in [0.5, 0.6) is 0 Å². The van der Waals surface area contributed by atoms with E-state index in [0.29, 0.717) is 28.8 Å². The Balaban J connectivity index is 1.65. The average molecular weight is 395 g/mol. The molecule has 138 valence electrons. The van der Waals surface area contributed by atoms with Crippen LogP contribution in [0.15, 0.2) is 42.5 Å². The van der Waals surface area contributed by atoms with Gasteiger partial charge in [0.15, 0.2) is 0 Å². The van der Waals surface area contributed by atoms with E-state index in [1.54, 1.807) is 30.1 Å². The van der Waals surface area contributed by atoms with E-state index < -0.39 is 0 Å². The molecule has 1 amide bonds. The fraction of sp³-hybridized carbons (Fsp3) is 0.350. The molecule has 1 atom stereocenters. The number of carbonyl (C=O) groups excluding carboxylic acids is 1. The number of amides is 1. The van der Waals surface area contributed by atoms with Gasteiger partial charge in [0.05, 0.1) is 5.92 Å². The quantitative estimate of drug-likeness (QED) is 0.727. The van der Waals surface area contributed by atoms with Crippen LogP contribution in [-0.4, -0.2) is 30.9 Å². The summed E-state index contributed by atoms with van der Waals surface area (Å²) in [6.45, 7) is 2.31. The molecular formula is C20H21Cl2FN2O. The van der Waals surface area contributed by atoms with Gasteiger partial charge < -0.3 is 4.90 Å². The molecule has 1 fully saturated rings. The Bertz CT molecular complexity index is 782. The lowest BCUT2D eigenvalue weighted by Gasteiger charge is -2.34. The van der Waals surface area contributed by atoms with Crippen molar-refractivity contribution in [1.82, 2.24) is 4.90 Å². The molecule has 6 heteroatoms. The van der Waals surface area contributed by atoms with E-state index in [1.807, 2.05) is 12.1 Å². The van der Waals surface area contributed by atoms with E-state index in [2.05, 4.69) is 4.90 Å². The van der Waals surface area contributed by atoms with Gasteiger partial charge in [-0.15, -0.1) is 0 Å². The van der Waals surface area contributed by atoms with Crippen LogP contribution in [0.2, 0.25) is 10.0 Å². The summed E-state index contributed by atoms with van der Waals surface area (Å²) in [6, 6.07) is 11.5. The van der Waals surface area contributed by atoms with Gasteiger partial charge in [0.25, 0.3) is 0 Å². The summed E-state index contributed by atoms with van der Waals surface area (Å²) in [4.78, 5) is 16.7. The van der Waals surface area contributed by atoms with Crippen molar-refractivity contribution in [3.63, 3.8) is 0 Å². The fourth-order valence-corrected chi connectivity index (χ4v) is 3.83. The normalized spacial score (nSPS) is 17.9. The molecule has 1 aliphatic rings. The van der Waals surface area contributed by atoms with E-state index in [4.69, 9.17) is 23.2 Å². The van der Waals surface area contributed by atoms with Crippen LogP contribution < -0.4 is 4.90 Å². The molecule has 0 spiro atoms. The van der Waals surface area contributed by atoms with Crippen molar-refractivity contribution in [1.29, 1.82) is 0 Å². The topological polar surface area (TPSA) is 23.6 Å². The molecular weight excluding hydrogens is 374 g/mol. The van der Waals surface area contributed by atoms with Crippen LogP contribution in [-0.2, 0) is 11.3 Å². The van der Waals surface area contributed by atoms with Gasteiger partial charge >= 0.3 is 0 Å². The first kappa shape index (κ1) is 19.2. The van der Waals surface area contributed by atoms with Crippen molar-refractivity contribution in [2.24, 2.45) is 5.92 Å². The Morgan fingerprint density at radius 3 is 2.65 bits per heavy atom. The maximum atomic E-state index is 13.1. The predicted octanol–water partition coefficient (Wildman–Crippen LogP) is 5.01. The van der Waals surface area contributed by atoms with Crippen molar-refractivity contribution in [3.05, 3.63) is 63.9 Å². The van der Waals surface area contributed by atoms with Crippen molar-refractivity contribution >= 4 is 34.8 Å². The third-order valence-electron chi connectivity index (χ3n) is 4.81. The summed E-state index contributed by atoms with van der Waals surface area (Å²) in [5.74, 6) is -0.327. The molecule has 1 saturated heterocycles. The summed E-state index contributed by atoms with van der Waals surface area (Å²) in [5.41, 5.74) is 1.71. The lowest BCUT2D eigenvalue weighted by molar-refractivity contribution is -0.123. The van der Waals surface area contributed by atoms with Gasteiger partial charge in [0, 0.05) is 35.9 Å². The minimum atomic E-state index is -0.307. The summed E-state index contributed by atoms with van der Waals surface area (Å²) in [6.07, 6.45) is 1.81. The smallest absolute Gasteiger partial charge is 0.231 e. The van der Waals surface area contributed by atoms with Gasteiger partial charge in [-0.25, -0.2) is 4.39 Å². The second kappa shape index (κ2) is 8.38. The third-order valence-corrected chi connectivity index (χ3v) is 5.40. The standard InChI is InChI=1S/C20H21Cl2FN2O/c1-24(18-8-6-17(23)7-9-18)20(26)15-3-2-10-25(13-15)12-14-4-5-16(21)11-19(14)22/h4-9,11,15H,2-3,10,12-13H2,1H3. The van der Waals surface area contributed by atoms with Crippen LogP contribution in [0.1, 0.15) is 18.4 Å².